The van der Waals surface area contributed by atoms with Crippen LogP contribution in [0, 0.1) is 11.6 Å². The highest BCUT2D eigenvalue weighted by atomic mass is 19.2. The molecule has 0 fully saturated rings. The Bertz CT molecular complexity index is 1340. The van der Waals surface area contributed by atoms with Crippen LogP contribution in [-0.4, -0.2) is 72.8 Å². The van der Waals surface area contributed by atoms with Gasteiger partial charge in [0.1, 0.15) is 12.4 Å². The molecule has 0 saturated carbocycles. The van der Waals surface area contributed by atoms with Crippen molar-refractivity contribution in [1.29, 1.82) is 0 Å². The fourth-order valence-corrected chi connectivity index (χ4v) is 4.08. The highest BCUT2D eigenvalue weighted by molar-refractivity contribution is 5.89. The van der Waals surface area contributed by atoms with Crippen LogP contribution < -0.4 is 10.7 Å². The molecule has 0 bridgehead atoms. The van der Waals surface area contributed by atoms with Gasteiger partial charge >= 0.3 is 12.1 Å². The van der Waals surface area contributed by atoms with Crippen LogP contribution in [0.25, 0.3) is 10.8 Å². The Hall–Kier alpha value is -4.16. The average molecular weight is 572 g/mol. The Morgan fingerprint density at radius 2 is 1.76 bits per heavy atom. The number of pyridine rings is 1. The SMILES string of the molecule is CC(=O)N(NCc1cccc(F)c1F)[C@@H](CCCCOC(=O)CN(C)C)COC(=O)Nc1cc2ccccc2cn1. The van der Waals surface area contributed by atoms with E-state index in [2.05, 4.69) is 15.7 Å². The van der Waals surface area contributed by atoms with Crippen LogP contribution in [0.3, 0.4) is 0 Å². The molecule has 220 valence electrons. The molecule has 2 amide bonds. The fraction of sp³-hybridized carbons (Fsp3) is 0.379. The maximum Gasteiger partial charge on any atom is 0.412 e. The van der Waals surface area contributed by atoms with Crippen molar-refractivity contribution in [2.24, 2.45) is 0 Å². The number of unbranched alkanes of at least 4 members (excludes halogenated alkanes) is 1. The van der Waals surface area contributed by atoms with Gasteiger partial charge in [-0.3, -0.25) is 24.8 Å². The zero-order chi connectivity index (χ0) is 29.8. The summed E-state index contributed by atoms with van der Waals surface area (Å²) in [7, 11) is 3.52. The second-order valence-electron chi connectivity index (χ2n) is 9.68. The molecular weight excluding hydrogens is 536 g/mol. The van der Waals surface area contributed by atoms with Crippen molar-refractivity contribution in [2.75, 3.05) is 39.2 Å². The summed E-state index contributed by atoms with van der Waals surface area (Å²) in [6.07, 6.45) is 2.26. The molecule has 0 unspecified atom stereocenters. The number of carbonyl (C=O) groups is 3. The minimum absolute atomic E-state index is 0.0313. The van der Waals surface area contributed by atoms with Crippen molar-refractivity contribution in [1.82, 2.24) is 20.3 Å². The van der Waals surface area contributed by atoms with Crippen LogP contribution in [0.15, 0.2) is 54.7 Å². The molecule has 0 saturated heterocycles. The summed E-state index contributed by atoms with van der Waals surface area (Å²) in [6.45, 7) is 1.30. The van der Waals surface area contributed by atoms with E-state index < -0.39 is 29.7 Å². The van der Waals surface area contributed by atoms with Gasteiger partial charge in [0.2, 0.25) is 5.91 Å². The zero-order valence-electron chi connectivity index (χ0n) is 23.4. The molecule has 0 aliphatic heterocycles. The number of nitrogens with zero attached hydrogens (tertiary/aromatic N) is 3. The predicted molar refractivity (Wildman–Crippen MR) is 150 cm³/mol. The number of nitrogens with one attached hydrogen (secondary N) is 2. The van der Waals surface area contributed by atoms with Gasteiger partial charge in [-0.2, -0.15) is 0 Å². The lowest BCUT2D eigenvalue weighted by molar-refractivity contribution is -0.144. The van der Waals surface area contributed by atoms with Crippen molar-refractivity contribution in [3.05, 3.63) is 71.9 Å². The van der Waals surface area contributed by atoms with E-state index in [1.54, 1.807) is 31.3 Å². The van der Waals surface area contributed by atoms with Gasteiger partial charge in [0.05, 0.1) is 19.2 Å². The Kier molecular flexibility index (Phi) is 11.9. The van der Waals surface area contributed by atoms with Gasteiger partial charge in [0, 0.05) is 30.6 Å². The number of likely N-dealkylation sites (N-methyl/N-ethyl adjacent to an activating group) is 1. The monoisotopic (exact) mass is 571 g/mol. The van der Waals surface area contributed by atoms with Crippen molar-refractivity contribution < 1.29 is 32.6 Å². The average Bonchev–Trinajstić information content (AvgIpc) is 2.92. The Labute approximate surface area is 237 Å². The fourth-order valence-electron chi connectivity index (χ4n) is 4.08. The van der Waals surface area contributed by atoms with E-state index in [9.17, 15) is 23.2 Å². The Balaban J connectivity index is 1.63. The van der Waals surface area contributed by atoms with E-state index in [1.165, 1.54) is 24.1 Å². The predicted octanol–water partition coefficient (Wildman–Crippen LogP) is 4.26. The number of ether oxygens (including phenoxy) is 2. The number of halogens is 2. The molecule has 3 aromatic rings. The Morgan fingerprint density at radius 3 is 2.49 bits per heavy atom. The van der Waals surface area contributed by atoms with Gasteiger partial charge in [-0.25, -0.2) is 24.0 Å². The van der Waals surface area contributed by atoms with E-state index in [-0.39, 0.29) is 37.8 Å². The topological polar surface area (TPSA) is 113 Å². The molecule has 0 spiro atoms. The van der Waals surface area contributed by atoms with Gasteiger partial charge < -0.3 is 9.47 Å². The van der Waals surface area contributed by atoms with Crippen molar-refractivity contribution in [3.8, 4) is 0 Å². The van der Waals surface area contributed by atoms with Crippen LogP contribution in [-0.2, 0) is 25.6 Å². The number of hydrogen-bond acceptors (Lipinski definition) is 8. The third kappa shape index (κ3) is 10.1. The molecule has 0 radical (unpaired) electrons. The summed E-state index contributed by atoms with van der Waals surface area (Å²) >= 11 is 0. The number of rotatable bonds is 14. The summed E-state index contributed by atoms with van der Waals surface area (Å²) in [5, 5.41) is 5.63. The van der Waals surface area contributed by atoms with Gasteiger partial charge in [0.25, 0.3) is 0 Å². The molecule has 10 nitrogen and oxygen atoms in total. The molecule has 1 aromatic heterocycles. The number of hydrogen-bond donors (Lipinski definition) is 2. The van der Waals surface area contributed by atoms with E-state index >= 15 is 0 Å². The minimum Gasteiger partial charge on any atom is -0.465 e. The second kappa shape index (κ2) is 15.6. The van der Waals surface area contributed by atoms with Crippen LogP contribution in [0.1, 0.15) is 31.7 Å². The summed E-state index contributed by atoms with van der Waals surface area (Å²) in [5.41, 5.74) is 2.87. The van der Waals surface area contributed by atoms with Crippen molar-refractivity contribution in [3.63, 3.8) is 0 Å². The van der Waals surface area contributed by atoms with Crippen molar-refractivity contribution >= 4 is 34.6 Å². The first-order valence-corrected chi connectivity index (χ1v) is 13.2. The number of benzene rings is 2. The van der Waals surface area contributed by atoms with E-state index in [1.807, 2.05) is 24.3 Å². The summed E-state index contributed by atoms with van der Waals surface area (Å²) < 4.78 is 38.5. The van der Waals surface area contributed by atoms with E-state index in [0.717, 1.165) is 16.8 Å². The third-order valence-electron chi connectivity index (χ3n) is 6.08. The first kappa shape index (κ1) is 31.4. The van der Waals surface area contributed by atoms with E-state index in [4.69, 9.17) is 9.47 Å². The number of esters is 1. The third-order valence-corrected chi connectivity index (χ3v) is 6.08. The van der Waals surface area contributed by atoms with Gasteiger partial charge in [-0.1, -0.05) is 36.4 Å². The maximum absolute atomic E-state index is 14.2. The number of hydrazine groups is 1. The van der Waals surface area contributed by atoms with Crippen LogP contribution >= 0.6 is 0 Å². The lowest BCUT2D eigenvalue weighted by atomic mass is 10.1. The molecule has 0 aliphatic rings. The van der Waals surface area contributed by atoms with Crippen LogP contribution in [0.5, 0.6) is 0 Å². The first-order chi connectivity index (χ1) is 19.6. The van der Waals surface area contributed by atoms with Gasteiger partial charge in [0.15, 0.2) is 11.6 Å². The number of aromatic nitrogens is 1. The standard InChI is InChI=1S/C29H35F2N5O5/c1-20(37)36(33-17-23-11-8-13-25(30)28(23)31)24(12-6-7-14-40-27(38)18-35(2)3)19-41-29(39)34-26-15-21-9-4-5-10-22(21)16-32-26/h4-5,8-11,13,15-16,24,33H,6-7,12,14,17-19H2,1-3H3,(H,32,34,39)/t24-/m0/s1. The molecule has 0 aliphatic carbocycles. The lowest BCUT2D eigenvalue weighted by Crippen LogP contribution is -2.50. The number of anilines is 1. The molecular formula is C29H35F2N5O5. The maximum atomic E-state index is 14.2. The molecule has 12 heteroatoms. The lowest BCUT2D eigenvalue weighted by Gasteiger charge is -2.31. The molecule has 2 N–H and O–H groups in total. The summed E-state index contributed by atoms with van der Waals surface area (Å²) in [6, 6.07) is 12.4. The summed E-state index contributed by atoms with van der Waals surface area (Å²) in [4.78, 5) is 42.8. The molecule has 1 atom stereocenters. The zero-order valence-corrected chi connectivity index (χ0v) is 23.4. The minimum atomic E-state index is -1.02. The number of amides is 2. The van der Waals surface area contributed by atoms with E-state index in [0.29, 0.717) is 25.1 Å². The summed E-state index contributed by atoms with van der Waals surface area (Å²) in [5.74, 6) is -2.48. The molecule has 41 heavy (non-hydrogen) atoms. The quantitative estimate of drug-likeness (QED) is 0.168. The highest BCUT2D eigenvalue weighted by Gasteiger charge is 2.24. The second-order valence-corrected chi connectivity index (χ2v) is 9.68. The first-order valence-electron chi connectivity index (χ1n) is 13.2. The van der Waals surface area contributed by atoms with Crippen molar-refractivity contribution in [2.45, 2.75) is 38.8 Å². The smallest absolute Gasteiger partial charge is 0.412 e. The van der Waals surface area contributed by atoms with Gasteiger partial charge in [-0.05, 0) is 50.9 Å². The molecule has 1 heterocycles. The molecule has 3 rings (SSSR count). The normalized spacial score (nSPS) is 11.8. The highest BCUT2D eigenvalue weighted by Crippen LogP contribution is 2.17. The number of carbonyl (C=O) groups excluding carboxylic acids is 3. The Morgan fingerprint density at radius 1 is 1.00 bits per heavy atom. The number of fused-ring (bicyclic) bond motifs is 1. The van der Waals surface area contributed by atoms with Gasteiger partial charge in [-0.15, -0.1) is 0 Å². The molecule has 2 aromatic carbocycles. The van der Waals surface area contributed by atoms with Crippen LogP contribution in [0.4, 0.5) is 19.4 Å². The van der Waals surface area contributed by atoms with Crippen LogP contribution in [0.2, 0.25) is 0 Å². The largest absolute Gasteiger partial charge is 0.465 e.